The number of fused-ring (bicyclic) bond motifs is 2. The highest BCUT2D eigenvalue weighted by molar-refractivity contribution is 5.26. The summed E-state index contributed by atoms with van der Waals surface area (Å²) in [7, 11) is 0. The van der Waals surface area contributed by atoms with Gasteiger partial charge in [-0.05, 0) is 55.1 Å². The van der Waals surface area contributed by atoms with Gasteiger partial charge < -0.3 is 0 Å². The molecule has 2 aliphatic rings. The summed E-state index contributed by atoms with van der Waals surface area (Å²) < 4.78 is 38.3. The van der Waals surface area contributed by atoms with Gasteiger partial charge in [-0.3, -0.25) is 11.3 Å². The molecule has 2 nitrogen and oxygen atoms in total. The Kier molecular flexibility index (Phi) is 3.97. The molecule has 116 valence electrons. The molecule has 0 amide bonds. The van der Waals surface area contributed by atoms with E-state index < -0.39 is 11.7 Å². The van der Waals surface area contributed by atoms with Crippen LogP contribution in [0.15, 0.2) is 24.3 Å². The van der Waals surface area contributed by atoms with E-state index in [2.05, 4.69) is 5.43 Å². The molecule has 21 heavy (non-hydrogen) atoms. The summed E-state index contributed by atoms with van der Waals surface area (Å²) >= 11 is 0. The summed E-state index contributed by atoms with van der Waals surface area (Å²) in [5.74, 6) is 7.69. The lowest BCUT2D eigenvalue weighted by Gasteiger charge is -2.30. The van der Waals surface area contributed by atoms with E-state index >= 15 is 0 Å². The van der Waals surface area contributed by atoms with Crippen LogP contribution in [0.5, 0.6) is 0 Å². The molecule has 2 aliphatic carbocycles. The van der Waals surface area contributed by atoms with Gasteiger partial charge in [0.25, 0.3) is 0 Å². The maximum atomic E-state index is 12.8. The molecule has 0 heterocycles. The summed E-state index contributed by atoms with van der Waals surface area (Å²) in [5.41, 5.74) is 2.98. The van der Waals surface area contributed by atoms with Gasteiger partial charge in [0.1, 0.15) is 0 Å². The van der Waals surface area contributed by atoms with E-state index in [1.54, 1.807) is 6.07 Å². The quantitative estimate of drug-likeness (QED) is 0.659. The lowest BCUT2D eigenvalue weighted by molar-refractivity contribution is -0.137. The molecule has 2 saturated carbocycles. The molecule has 3 N–H and O–H groups in total. The van der Waals surface area contributed by atoms with Gasteiger partial charge in [0.05, 0.1) is 5.56 Å². The minimum Gasteiger partial charge on any atom is -0.271 e. The zero-order chi connectivity index (χ0) is 15.0. The van der Waals surface area contributed by atoms with Crippen molar-refractivity contribution in [3.05, 3.63) is 35.4 Å². The second-order valence-electron chi connectivity index (χ2n) is 6.51. The first-order valence-corrected chi connectivity index (χ1v) is 7.59. The third-order valence-corrected chi connectivity index (χ3v) is 5.23. The maximum Gasteiger partial charge on any atom is 0.416 e. The Morgan fingerprint density at radius 3 is 2.62 bits per heavy atom. The van der Waals surface area contributed by atoms with Crippen LogP contribution < -0.4 is 11.3 Å². The third-order valence-electron chi connectivity index (χ3n) is 5.23. The van der Waals surface area contributed by atoms with Gasteiger partial charge in [-0.1, -0.05) is 24.6 Å². The predicted molar refractivity (Wildman–Crippen MR) is 75.2 cm³/mol. The van der Waals surface area contributed by atoms with Crippen molar-refractivity contribution >= 4 is 0 Å². The molecule has 4 unspecified atom stereocenters. The zero-order valence-corrected chi connectivity index (χ0v) is 11.9. The number of nitrogens with one attached hydrogen (secondary N) is 1. The largest absolute Gasteiger partial charge is 0.416 e. The van der Waals surface area contributed by atoms with Crippen molar-refractivity contribution in [2.24, 2.45) is 23.6 Å². The van der Waals surface area contributed by atoms with Crippen LogP contribution in [-0.2, 0) is 12.6 Å². The summed E-state index contributed by atoms with van der Waals surface area (Å²) in [6.07, 6.45) is 1.27. The van der Waals surface area contributed by atoms with Crippen molar-refractivity contribution in [2.45, 2.75) is 44.3 Å². The summed E-state index contributed by atoms with van der Waals surface area (Å²) in [6.45, 7) is 0. The van der Waals surface area contributed by atoms with Gasteiger partial charge in [-0.2, -0.15) is 13.2 Å². The molecular weight excluding hydrogens is 277 g/mol. The molecule has 0 radical (unpaired) electrons. The average Bonchev–Trinajstić information content (AvgIpc) is 3.07. The molecule has 1 aromatic carbocycles. The fraction of sp³-hybridized carbons (Fsp3) is 0.625. The van der Waals surface area contributed by atoms with Gasteiger partial charge in [0.2, 0.25) is 0 Å². The normalized spacial score (nSPS) is 29.8. The van der Waals surface area contributed by atoms with E-state index in [4.69, 9.17) is 5.84 Å². The first-order valence-electron chi connectivity index (χ1n) is 7.59. The summed E-state index contributed by atoms with van der Waals surface area (Å²) in [5, 5.41) is 0. The Labute approximate surface area is 122 Å². The first-order chi connectivity index (χ1) is 9.97. The van der Waals surface area contributed by atoms with Gasteiger partial charge in [-0.15, -0.1) is 0 Å². The lowest BCUT2D eigenvalue weighted by Crippen LogP contribution is -2.44. The number of hydrogen-bond acceptors (Lipinski definition) is 2. The molecule has 3 rings (SSSR count). The summed E-state index contributed by atoms with van der Waals surface area (Å²) in [6, 6.07) is 5.67. The number of halogens is 3. The van der Waals surface area contributed by atoms with E-state index in [-0.39, 0.29) is 6.04 Å². The Morgan fingerprint density at radius 1 is 1.24 bits per heavy atom. The average molecular weight is 298 g/mol. The van der Waals surface area contributed by atoms with Crippen LogP contribution in [0.3, 0.4) is 0 Å². The van der Waals surface area contributed by atoms with Crippen LogP contribution in [0.25, 0.3) is 0 Å². The second kappa shape index (κ2) is 5.61. The Morgan fingerprint density at radius 2 is 2.05 bits per heavy atom. The van der Waals surface area contributed by atoms with Gasteiger partial charge in [0, 0.05) is 6.04 Å². The highest BCUT2D eigenvalue weighted by atomic mass is 19.4. The van der Waals surface area contributed by atoms with Crippen molar-refractivity contribution in [1.82, 2.24) is 5.43 Å². The molecule has 0 aliphatic heterocycles. The van der Waals surface area contributed by atoms with E-state index in [1.165, 1.54) is 37.8 Å². The zero-order valence-electron chi connectivity index (χ0n) is 11.9. The standard InChI is InChI=1S/C16H21F3N2/c17-16(18,19)13-3-1-2-10(7-13)9-15(21-20)14-8-11-4-5-12(14)6-11/h1-3,7,11-12,14-15,21H,4-6,8-9,20H2. The monoisotopic (exact) mass is 298 g/mol. The molecular formula is C16H21F3N2. The van der Waals surface area contributed by atoms with E-state index in [9.17, 15) is 13.2 Å². The number of hydrazine groups is 1. The van der Waals surface area contributed by atoms with Crippen molar-refractivity contribution in [1.29, 1.82) is 0 Å². The molecule has 5 heteroatoms. The first kappa shape index (κ1) is 14.9. The van der Waals surface area contributed by atoms with E-state index in [0.717, 1.165) is 12.0 Å². The summed E-state index contributed by atoms with van der Waals surface area (Å²) in [4.78, 5) is 0. The minimum atomic E-state index is -4.28. The molecule has 4 atom stereocenters. The molecule has 0 saturated heterocycles. The van der Waals surface area contributed by atoms with Crippen LogP contribution in [0.2, 0.25) is 0 Å². The van der Waals surface area contributed by atoms with Crippen molar-refractivity contribution in [2.75, 3.05) is 0 Å². The van der Waals surface area contributed by atoms with Gasteiger partial charge in [-0.25, -0.2) is 0 Å². The topological polar surface area (TPSA) is 38.0 Å². The van der Waals surface area contributed by atoms with Crippen LogP contribution in [0, 0.1) is 17.8 Å². The number of nitrogens with two attached hydrogens (primary N) is 1. The molecule has 2 bridgehead atoms. The molecule has 2 fully saturated rings. The number of hydrogen-bond donors (Lipinski definition) is 2. The smallest absolute Gasteiger partial charge is 0.271 e. The van der Waals surface area contributed by atoms with Crippen molar-refractivity contribution in [3.8, 4) is 0 Å². The molecule has 0 spiro atoms. The Hall–Kier alpha value is -1.07. The van der Waals surface area contributed by atoms with E-state index in [0.29, 0.717) is 23.8 Å². The highest BCUT2D eigenvalue weighted by Crippen LogP contribution is 2.49. The number of benzene rings is 1. The lowest BCUT2D eigenvalue weighted by atomic mass is 9.81. The second-order valence-corrected chi connectivity index (χ2v) is 6.51. The third kappa shape index (κ3) is 3.09. The fourth-order valence-corrected chi connectivity index (χ4v) is 4.25. The fourth-order valence-electron chi connectivity index (χ4n) is 4.25. The number of alkyl halides is 3. The SMILES string of the molecule is NNC(Cc1cccc(C(F)(F)F)c1)C1CC2CCC1C2. The van der Waals surface area contributed by atoms with Crippen LogP contribution in [0.1, 0.15) is 36.8 Å². The Bertz CT molecular complexity index is 501. The number of rotatable bonds is 4. The van der Waals surface area contributed by atoms with Crippen molar-refractivity contribution in [3.63, 3.8) is 0 Å². The highest BCUT2D eigenvalue weighted by Gasteiger charge is 2.42. The van der Waals surface area contributed by atoms with Gasteiger partial charge in [0.15, 0.2) is 0 Å². The van der Waals surface area contributed by atoms with Crippen LogP contribution >= 0.6 is 0 Å². The predicted octanol–water partition coefficient (Wildman–Crippen LogP) is 3.52. The maximum absolute atomic E-state index is 12.8. The van der Waals surface area contributed by atoms with Crippen LogP contribution in [-0.4, -0.2) is 6.04 Å². The molecule has 0 aromatic heterocycles. The van der Waals surface area contributed by atoms with Crippen LogP contribution in [0.4, 0.5) is 13.2 Å². The molecule has 1 aromatic rings. The Balaban J connectivity index is 1.72. The van der Waals surface area contributed by atoms with E-state index in [1.807, 2.05) is 0 Å². The van der Waals surface area contributed by atoms with Gasteiger partial charge >= 0.3 is 6.18 Å². The van der Waals surface area contributed by atoms with Crippen molar-refractivity contribution < 1.29 is 13.2 Å². The minimum absolute atomic E-state index is 0.0729.